The van der Waals surface area contributed by atoms with Crippen LogP contribution in [0.15, 0.2) is 57.8 Å². The van der Waals surface area contributed by atoms with E-state index in [0.29, 0.717) is 42.0 Å². The maximum absolute atomic E-state index is 13.1. The van der Waals surface area contributed by atoms with Crippen LogP contribution in [-0.2, 0) is 16.6 Å². The summed E-state index contributed by atoms with van der Waals surface area (Å²) in [4.78, 5) is 0.347. The standard InChI is InChI=1S/C21H24N4O3S/c1-16-10-11-18(14-19(16)29(26,27)25-12-6-3-7-13-25)22-15-20-23-24-21(28-20)17-8-4-2-5-9-17/h2,4-5,8-11,14,22H,3,6-7,12-13,15H2,1H3. The highest BCUT2D eigenvalue weighted by atomic mass is 32.2. The summed E-state index contributed by atoms with van der Waals surface area (Å²) in [7, 11) is -3.49. The number of aryl methyl sites for hydroxylation is 1. The molecule has 29 heavy (non-hydrogen) atoms. The van der Waals surface area contributed by atoms with Crippen LogP contribution in [-0.4, -0.2) is 36.0 Å². The maximum atomic E-state index is 13.1. The average molecular weight is 413 g/mol. The summed E-state index contributed by atoms with van der Waals surface area (Å²) in [5.41, 5.74) is 2.30. The second-order valence-electron chi connectivity index (χ2n) is 7.17. The number of benzene rings is 2. The lowest BCUT2D eigenvalue weighted by molar-refractivity contribution is 0.346. The Labute approximate surface area is 170 Å². The van der Waals surface area contributed by atoms with Gasteiger partial charge in [-0.1, -0.05) is 30.7 Å². The number of sulfonamides is 1. The molecular weight excluding hydrogens is 388 g/mol. The number of anilines is 1. The van der Waals surface area contributed by atoms with E-state index in [1.54, 1.807) is 10.4 Å². The Hall–Kier alpha value is -2.71. The first-order valence-electron chi connectivity index (χ1n) is 9.76. The molecule has 2 aromatic carbocycles. The van der Waals surface area contributed by atoms with Gasteiger partial charge in [0.1, 0.15) is 0 Å². The molecule has 152 valence electrons. The SMILES string of the molecule is Cc1ccc(NCc2nnc(-c3ccccc3)o2)cc1S(=O)(=O)N1CCCCC1. The number of nitrogens with one attached hydrogen (secondary N) is 1. The molecule has 7 nitrogen and oxygen atoms in total. The first kappa shape index (κ1) is 19.6. The van der Waals surface area contributed by atoms with Crippen LogP contribution in [0.25, 0.3) is 11.5 Å². The van der Waals surface area contributed by atoms with Crippen molar-refractivity contribution in [3.63, 3.8) is 0 Å². The molecule has 0 aliphatic carbocycles. The average Bonchev–Trinajstić information content (AvgIpc) is 3.23. The van der Waals surface area contributed by atoms with Gasteiger partial charge in [-0.2, -0.15) is 4.31 Å². The highest BCUT2D eigenvalue weighted by Gasteiger charge is 2.27. The van der Waals surface area contributed by atoms with E-state index >= 15 is 0 Å². The van der Waals surface area contributed by atoms with E-state index in [4.69, 9.17) is 4.42 Å². The third-order valence-corrected chi connectivity index (χ3v) is 7.09. The zero-order valence-corrected chi connectivity index (χ0v) is 17.2. The monoisotopic (exact) mass is 412 g/mol. The minimum atomic E-state index is -3.49. The first-order chi connectivity index (χ1) is 14.0. The van der Waals surface area contributed by atoms with Gasteiger partial charge >= 0.3 is 0 Å². The Balaban J connectivity index is 1.49. The molecule has 1 aromatic heterocycles. The number of rotatable bonds is 6. The minimum absolute atomic E-state index is 0.312. The van der Waals surface area contributed by atoms with Gasteiger partial charge in [0.05, 0.1) is 11.4 Å². The predicted molar refractivity (Wildman–Crippen MR) is 111 cm³/mol. The largest absolute Gasteiger partial charge is 0.419 e. The topological polar surface area (TPSA) is 88.3 Å². The summed E-state index contributed by atoms with van der Waals surface area (Å²) >= 11 is 0. The van der Waals surface area contributed by atoms with Gasteiger partial charge in [-0.15, -0.1) is 10.2 Å². The molecule has 8 heteroatoms. The second-order valence-corrected chi connectivity index (χ2v) is 9.07. The fourth-order valence-corrected chi connectivity index (χ4v) is 5.20. The summed E-state index contributed by atoms with van der Waals surface area (Å²) in [6.07, 6.45) is 2.91. The minimum Gasteiger partial charge on any atom is -0.419 e. The summed E-state index contributed by atoms with van der Waals surface area (Å²) < 4.78 is 33.4. The highest BCUT2D eigenvalue weighted by molar-refractivity contribution is 7.89. The number of hydrogen-bond donors (Lipinski definition) is 1. The molecule has 0 saturated carbocycles. The van der Waals surface area contributed by atoms with Crippen LogP contribution in [0.3, 0.4) is 0 Å². The third-order valence-electron chi connectivity index (χ3n) is 5.05. The molecule has 0 amide bonds. The Morgan fingerprint density at radius 2 is 1.79 bits per heavy atom. The fraction of sp³-hybridized carbons (Fsp3) is 0.333. The molecule has 1 aliphatic rings. The molecule has 1 fully saturated rings. The van der Waals surface area contributed by atoms with Crippen LogP contribution in [0.4, 0.5) is 5.69 Å². The maximum Gasteiger partial charge on any atom is 0.247 e. The molecule has 0 radical (unpaired) electrons. The van der Waals surface area contributed by atoms with Crippen molar-refractivity contribution in [2.24, 2.45) is 0 Å². The Kier molecular flexibility index (Phi) is 5.64. The van der Waals surface area contributed by atoms with E-state index in [0.717, 1.165) is 30.4 Å². The van der Waals surface area contributed by atoms with Crippen LogP contribution in [0.1, 0.15) is 30.7 Å². The molecule has 0 unspecified atom stereocenters. The number of piperidine rings is 1. The van der Waals surface area contributed by atoms with Crippen LogP contribution in [0.5, 0.6) is 0 Å². The Morgan fingerprint density at radius 1 is 1.03 bits per heavy atom. The van der Waals surface area contributed by atoms with Crippen molar-refractivity contribution in [1.29, 1.82) is 0 Å². The Morgan fingerprint density at radius 3 is 2.55 bits per heavy atom. The zero-order valence-electron chi connectivity index (χ0n) is 16.3. The van der Waals surface area contributed by atoms with Gasteiger partial charge in [0.15, 0.2) is 0 Å². The van der Waals surface area contributed by atoms with Crippen molar-refractivity contribution < 1.29 is 12.8 Å². The normalized spacial score (nSPS) is 15.3. The van der Waals surface area contributed by atoms with Gasteiger partial charge in [-0.25, -0.2) is 8.42 Å². The molecule has 1 N–H and O–H groups in total. The van der Waals surface area contributed by atoms with Gasteiger partial charge in [0.2, 0.25) is 21.8 Å². The van der Waals surface area contributed by atoms with E-state index < -0.39 is 10.0 Å². The summed E-state index contributed by atoms with van der Waals surface area (Å²) in [6, 6.07) is 14.9. The lowest BCUT2D eigenvalue weighted by Gasteiger charge is -2.26. The van der Waals surface area contributed by atoms with E-state index in [-0.39, 0.29) is 0 Å². The van der Waals surface area contributed by atoms with E-state index in [9.17, 15) is 8.42 Å². The van der Waals surface area contributed by atoms with Crippen molar-refractivity contribution in [2.75, 3.05) is 18.4 Å². The van der Waals surface area contributed by atoms with Crippen LogP contribution in [0.2, 0.25) is 0 Å². The molecule has 0 bridgehead atoms. The molecule has 0 atom stereocenters. The lowest BCUT2D eigenvalue weighted by atomic mass is 10.2. The molecule has 4 rings (SSSR count). The highest BCUT2D eigenvalue weighted by Crippen LogP contribution is 2.26. The first-order valence-corrected chi connectivity index (χ1v) is 11.2. The van der Waals surface area contributed by atoms with Crippen molar-refractivity contribution in [3.05, 3.63) is 60.0 Å². The van der Waals surface area contributed by atoms with E-state index in [2.05, 4.69) is 15.5 Å². The van der Waals surface area contributed by atoms with Crippen LogP contribution < -0.4 is 5.32 Å². The lowest BCUT2D eigenvalue weighted by Crippen LogP contribution is -2.36. The predicted octanol–water partition coefficient (Wildman–Crippen LogP) is 3.83. The summed E-state index contributed by atoms with van der Waals surface area (Å²) in [6.45, 7) is 3.31. The van der Waals surface area contributed by atoms with Gasteiger partial charge < -0.3 is 9.73 Å². The summed E-state index contributed by atoms with van der Waals surface area (Å²) in [5.74, 6) is 0.893. The number of nitrogens with zero attached hydrogens (tertiary/aromatic N) is 3. The zero-order chi connectivity index (χ0) is 20.3. The fourth-order valence-electron chi connectivity index (χ4n) is 3.43. The van der Waals surface area contributed by atoms with Crippen LogP contribution in [0, 0.1) is 6.92 Å². The van der Waals surface area contributed by atoms with Gasteiger partial charge in [0.25, 0.3) is 0 Å². The second kappa shape index (κ2) is 8.34. The van der Waals surface area contributed by atoms with Crippen molar-refractivity contribution in [1.82, 2.24) is 14.5 Å². The molecule has 1 saturated heterocycles. The van der Waals surface area contributed by atoms with Crippen molar-refractivity contribution in [2.45, 2.75) is 37.6 Å². The van der Waals surface area contributed by atoms with Crippen LogP contribution >= 0.6 is 0 Å². The van der Waals surface area contributed by atoms with Crippen molar-refractivity contribution >= 4 is 15.7 Å². The van der Waals surface area contributed by atoms with Gasteiger partial charge in [0, 0.05) is 24.3 Å². The number of hydrogen-bond acceptors (Lipinski definition) is 6. The molecule has 0 spiro atoms. The van der Waals surface area contributed by atoms with Gasteiger partial charge in [-0.05, 0) is 49.6 Å². The molecule has 2 heterocycles. The molecular formula is C21H24N4O3S. The Bertz CT molecular complexity index is 1070. The quantitative estimate of drug-likeness (QED) is 0.662. The van der Waals surface area contributed by atoms with E-state index in [1.807, 2.05) is 49.4 Å². The van der Waals surface area contributed by atoms with Crippen molar-refractivity contribution in [3.8, 4) is 11.5 Å². The number of aromatic nitrogens is 2. The van der Waals surface area contributed by atoms with E-state index in [1.165, 1.54) is 0 Å². The smallest absolute Gasteiger partial charge is 0.247 e. The summed E-state index contributed by atoms with van der Waals surface area (Å²) in [5, 5.41) is 11.3. The van der Waals surface area contributed by atoms with Gasteiger partial charge in [-0.3, -0.25) is 0 Å². The third kappa shape index (κ3) is 4.33. The molecule has 1 aliphatic heterocycles. The molecule has 3 aromatic rings.